The number of aliphatic hydroxyl groups excluding tert-OH is 1. The summed E-state index contributed by atoms with van der Waals surface area (Å²) in [5.41, 5.74) is 1.35. The van der Waals surface area contributed by atoms with E-state index in [0.29, 0.717) is 10.6 Å². The van der Waals surface area contributed by atoms with Gasteiger partial charge in [-0.2, -0.15) is 0 Å². The van der Waals surface area contributed by atoms with E-state index >= 15 is 0 Å². The van der Waals surface area contributed by atoms with Crippen molar-refractivity contribution in [2.75, 3.05) is 11.0 Å². The number of anilines is 1. The number of aliphatic hydroxyl groups is 1. The van der Waals surface area contributed by atoms with Gasteiger partial charge >= 0.3 is 0 Å². The van der Waals surface area contributed by atoms with Gasteiger partial charge in [0.1, 0.15) is 4.21 Å². The lowest BCUT2D eigenvalue weighted by molar-refractivity contribution is 0.285. The van der Waals surface area contributed by atoms with Gasteiger partial charge in [-0.3, -0.25) is 4.72 Å². The molecule has 0 aliphatic carbocycles. The lowest BCUT2D eigenvalue weighted by atomic mass is 10.3. The zero-order chi connectivity index (χ0) is 14.8. The zero-order valence-corrected chi connectivity index (χ0v) is 13.5. The van der Waals surface area contributed by atoms with Crippen molar-refractivity contribution in [2.45, 2.75) is 22.6 Å². The smallest absolute Gasteiger partial charge is 0.271 e. The predicted molar refractivity (Wildman–Crippen MR) is 84.0 cm³/mol. The summed E-state index contributed by atoms with van der Waals surface area (Å²) >= 11 is 2.57. The summed E-state index contributed by atoms with van der Waals surface area (Å²) in [7, 11) is -3.61. The number of hydrogen-bond acceptors (Lipinski definition) is 5. The molecule has 108 valence electrons. The first kappa shape index (κ1) is 15.4. The zero-order valence-electron chi connectivity index (χ0n) is 11.1. The van der Waals surface area contributed by atoms with Crippen molar-refractivity contribution in [1.29, 1.82) is 0 Å². The predicted octanol–water partition coefficient (Wildman–Crippen LogP) is 3.07. The Balaban J connectivity index is 2.35. The Bertz CT molecular complexity index is 707. The van der Waals surface area contributed by atoms with E-state index in [9.17, 15) is 8.42 Å². The third-order valence-corrected chi connectivity index (χ3v) is 6.61. The van der Waals surface area contributed by atoms with Crippen LogP contribution < -0.4 is 4.72 Å². The average molecular weight is 329 g/mol. The van der Waals surface area contributed by atoms with E-state index in [0.717, 1.165) is 21.8 Å². The van der Waals surface area contributed by atoms with Crippen LogP contribution in [0.3, 0.4) is 0 Å². The Morgan fingerprint density at radius 2 is 2.05 bits per heavy atom. The fourth-order valence-corrected chi connectivity index (χ4v) is 4.85. The summed E-state index contributed by atoms with van der Waals surface area (Å²) in [4.78, 5) is 1.54. The minimum atomic E-state index is -3.61. The molecule has 0 bridgehead atoms. The van der Waals surface area contributed by atoms with Crippen LogP contribution in [-0.4, -0.2) is 19.8 Å². The maximum atomic E-state index is 12.4. The maximum absolute atomic E-state index is 12.4. The fourth-order valence-electron chi connectivity index (χ4n) is 1.70. The molecule has 0 atom stereocenters. The highest BCUT2D eigenvalue weighted by molar-refractivity contribution is 7.99. The van der Waals surface area contributed by atoms with Crippen LogP contribution in [-0.2, 0) is 16.6 Å². The van der Waals surface area contributed by atoms with Crippen LogP contribution in [0.4, 0.5) is 5.69 Å². The van der Waals surface area contributed by atoms with Crippen LogP contribution in [0.1, 0.15) is 10.4 Å². The molecule has 2 aromatic rings. The van der Waals surface area contributed by atoms with Gasteiger partial charge in [0, 0.05) is 9.77 Å². The van der Waals surface area contributed by atoms with Gasteiger partial charge in [0.25, 0.3) is 10.0 Å². The highest BCUT2D eigenvalue weighted by Crippen LogP contribution is 2.30. The number of rotatable bonds is 5. The van der Waals surface area contributed by atoms with Crippen LogP contribution in [0.25, 0.3) is 0 Å². The van der Waals surface area contributed by atoms with Gasteiger partial charge in [-0.1, -0.05) is 12.1 Å². The molecule has 0 saturated carbocycles. The van der Waals surface area contributed by atoms with Gasteiger partial charge in [0.05, 0.1) is 12.3 Å². The quantitative estimate of drug-likeness (QED) is 0.827. The van der Waals surface area contributed by atoms with Gasteiger partial charge in [0.15, 0.2) is 0 Å². The molecule has 2 N–H and O–H groups in total. The molecule has 0 radical (unpaired) electrons. The Labute approximate surface area is 126 Å². The molecule has 0 unspecified atom stereocenters. The van der Waals surface area contributed by atoms with Crippen LogP contribution >= 0.6 is 23.1 Å². The first-order chi connectivity index (χ1) is 9.47. The topological polar surface area (TPSA) is 66.4 Å². The number of thiophene rings is 1. The number of benzene rings is 1. The van der Waals surface area contributed by atoms with Crippen LogP contribution in [0, 0.1) is 6.92 Å². The van der Waals surface area contributed by atoms with Crippen molar-refractivity contribution >= 4 is 38.8 Å². The highest BCUT2D eigenvalue weighted by atomic mass is 32.2. The number of thioether (sulfide) groups is 1. The molecule has 1 heterocycles. The van der Waals surface area contributed by atoms with Crippen molar-refractivity contribution in [3.8, 4) is 0 Å². The monoisotopic (exact) mass is 329 g/mol. The van der Waals surface area contributed by atoms with E-state index in [1.54, 1.807) is 25.1 Å². The summed E-state index contributed by atoms with van der Waals surface area (Å²) in [5, 5.41) is 9.16. The molecule has 20 heavy (non-hydrogen) atoms. The number of sulfonamides is 1. The molecule has 1 aromatic heterocycles. The number of para-hydroxylation sites is 1. The second-order valence-electron chi connectivity index (χ2n) is 4.14. The van der Waals surface area contributed by atoms with Gasteiger partial charge in [-0.05, 0) is 36.9 Å². The maximum Gasteiger partial charge on any atom is 0.271 e. The normalized spacial score (nSPS) is 11.6. The van der Waals surface area contributed by atoms with E-state index in [4.69, 9.17) is 5.11 Å². The third kappa shape index (κ3) is 3.17. The molecule has 0 spiro atoms. The molecule has 7 heteroatoms. The first-order valence-corrected chi connectivity index (χ1v) is 9.36. The Morgan fingerprint density at radius 3 is 2.65 bits per heavy atom. The standard InChI is InChI=1S/C13H15NO3S3/c1-9-7-13(19-12(9)8-15)20(16,17)14-10-5-3-4-6-11(10)18-2/h3-7,14-15H,8H2,1-2H3. The van der Waals surface area contributed by atoms with Gasteiger partial charge in [0.2, 0.25) is 0 Å². The molecular weight excluding hydrogens is 314 g/mol. The molecule has 0 fully saturated rings. The van der Waals surface area contributed by atoms with Crippen LogP contribution in [0.15, 0.2) is 39.4 Å². The SMILES string of the molecule is CSc1ccccc1NS(=O)(=O)c1cc(C)c(CO)s1. The van der Waals surface area contributed by atoms with Crippen molar-refractivity contribution in [3.05, 3.63) is 40.8 Å². The number of hydrogen-bond donors (Lipinski definition) is 2. The molecular formula is C13H15NO3S3. The second kappa shape index (κ2) is 6.17. The largest absolute Gasteiger partial charge is 0.391 e. The minimum Gasteiger partial charge on any atom is -0.391 e. The summed E-state index contributed by atoms with van der Waals surface area (Å²) in [6.07, 6.45) is 1.90. The Hall–Kier alpha value is -1.02. The molecule has 0 amide bonds. The summed E-state index contributed by atoms with van der Waals surface area (Å²) < 4.78 is 27.5. The fraction of sp³-hybridized carbons (Fsp3) is 0.231. The van der Waals surface area contributed by atoms with E-state index in [1.165, 1.54) is 11.8 Å². The summed E-state index contributed by atoms with van der Waals surface area (Å²) in [6, 6.07) is 8.83. The van der Waals surface area contributed by atoms with Gasteiger partial charge < -0.3 is 5.11 Å². The molecule has 0 aliphatic heterocycles. The Kier molecular flexibility index (Phi) is 4.74. The molecule has 0 saturated heterocycles. The molecule has 1 aromatic carbocycles. The Morgan fingerprint density at radius 1 is 1.35 bits per heavy atom. The van der Waals surface area contributed by atoms with Crippen molar-refractivity contribution in [1.82, 2.24) is 0 Å². The van der Waals surface area contributed by atoms with Crippen molar-refractivity contribution < 1.29 is 13.5 Å². The molecule has 0 aliphatic rings. The van der Waals surface area contributed by atoms with Crippen LogP contribution in [0.2, 0.25) is 0 Å². The first-order valence-electron chi connectivity index (χ1n) is 5.84. The van der Waals surface area contributed by atoms with Gasteiger partial charge in [-0.25, -0.2) is 8.42 Å². The lowest BCUT2D eigenvalue weighted by Crippen LogP contribution is -2.12. The summed E-state index contributed by atoms with van der Waals surface area (Å²) in [6.45, 7) is 1.64. The lowest BCUT2D eigenvalue weighted by Gasteiger charge is -2.09. The molecule has 4 nitrogen and oxygen atoms in total. The van der Waals surface area contributed by atoms with Gasteiger partial charge in [-0.15, -0.1) is 23.1 Å². The molecule has 2 rings (SSSR count). The highest BCUT2D eigenvalue weighted by Gasteiger charge is 2.19. The van der Waals surface area contributed by atoms with Crippen LogP contribution in [0.5, 0.6) is 0 Å². The van der Waals surface area contributed by atoms with E-state index < -0.39 is 10.0 Å². The summed E-state index contributed by atoms with van der Waals surface area (Å²) in [5.74, 6) is 0. The van der Waals surface area contributed by atoms with E-state index in [1.807, 2.05) is 18.4 Å². The third-order valence-electron chi connectivity index (χ3n) is 2.76. The van der Waals surface area contributed by atoms with Crippen molar-refractivity contribution in [2.24, 2.45) is 0 Å². The number of aryl methyl sites for hydroxylation is 1. The average Bonchev–Trinajstić information content (AvgIpc) is 2.81. The van der Waals surface area contributed by atoms with E-state index in [2.05, 4.69) is 4.72 Å². The van der Waals surface area contributed by atoms with Crippen molar-refractivity contribution in [3.63, 3.8) is 0 Å². The van der Waals surface area contributed by atoms with E-state index in [-0.39, 0.29) is 10.8 Å². The number of nitrogens with one attached hydrogen (secondary N) is 1. The second-order valence-corrected chi connectivity index (χ2v) is 8.03. The minimum absolute atomic E-state index is 0.145.